The van der Waals surface area contributed by atoms with Gasteiger partial charge in [0.25, 0.3) is 0 Å². The zero-order valence-corrected chi connectivity index (χ0v) is 10.3. The van der Waals surface area contributed by atoms with Gasteiger partial charge in [0.05, 0.1) is 6.61 Å². The lowest BCUT2D eigenvalue weighted by atomic mass is 10.4. The molecule has 0 saturated carbocycles. The van der Waals surface area contributed by atoms with E-state index in [9.17, 15) is 4.79 Å². The highest BCUT2D eigenvalue weighted by Gasteiger charge is 1.88. The second-order valence-electron chi connectivity index (χ2n) is 2.85. The Hall–Kier alpha value is -1.35. The molecule has 1 rings (SSSR count). The van der Waals surface area contributed by atoms with Gasteiger partial charge >= 0.3 is 5.97 Å². The summed E-state index contributed by atoms with van der Waals surface area (Å²) < 4.78 is 4.64. The van der Waals surface area contributed by atoms with Crippen LogP contribution in [0.25, 0.3) is 0 Å². The van der Waals surface area contributed by atoms with E-state index in [2.05, 4.69) is 11.7 Å². The highest BCUT2D eigenvalue weighted by molar-refractivity contribution is 5.65. The Morgan fingerprint density at radius 1 is 1.06 bits per heavy atom. The van der Waals surface area contributed by atoms with E-state index < -0.39 is 0 Å². The molecule has 0 aromatic heterocycles. The van der Waals surface area contributed by atoms with E-state index in [1.165, 1.54) is 6.92 Å². The molecule has 0 radical (unpaired) electrons. The third-order valence-electron chi connectivity index (χ3n) is 1.47. The highest BCUT2D eigenvalue weighted by atomic mass is 16.5. The van der Waals surface area contributed by atoms with Crippen LogP contribution in [0.1, 0.15) is 26.7 Å². The standard InChI is InChI=1S/C6H12O2.C6H6.CH4O/c1-3-4-5-8-6(2)7;1-2-4-6-5-3-1;1-2/h3-5H2,1-2H3;1-6H;2H,1H3. The maximum absolute atomic E-state index is 10.1. The first-order chi connectivity index (χ1) is 7.77. The minimum Gasteiger partial charge on any atom is -0.466 e. The summed E-state index contributed by atoms with van der Waals surface area (Å²) in [6.07, 6.45) is 2.05. The van der Waals surface area contributed by atoms with Crippen LogP contribution in [-0.2, 0) is 9.53 Å². The van der Waals surface area contributed by atoms with Crippen LogP contribution in [0.4, 0.5) is 0 Å². The SMILES string of the molecule is CCCCOC(C)=O.CO.c1ccccc1. The summed E-state index contributed by atoms with van der Waals surface area (Å²) in [4.78, 5) is 10.1. The first-order valence-corrected chi connectivity index (χ1v) is 5.35. The molecule has 1 aromatic carbocycles. The van der Waals surface area contributed by atoms with Crippen molar-refractivity contribution >= 4 is 5.97 Å². The molecule has 0 aliphatic rings. The van der Waals surface area contributed by atoms with E-state index in [0.717, 1.165) is 20.0 Å². The second kappa shape index (κ2) is 16.1. The van der Waals surface area contributed by atoms with Crippen LogP contribution in [0.5, 0.6) is 0 Å². The van der Waals surface area contributed by atoms with Crippen molar-refractivity contribution in [3.05, 3.63) is 36.4 Å². The van der Waals surface area contributed by atoms with Crippen LogP contribution >= 0.6 is 0 Å². The van der Waals surface area contributed by atoms with Gasteiger partial charge in [0.2, 0.25) is 0 Å². The van der Waals surface area contributed by atoms with Crippen molar-refractivity contribution in [2.75, 3.05) is 13.7 Å². The van der Waals surface area contributed by atoms with Gasteiger partial charge in [-0.25, -0.2) is 0 Å². The Kier molecular flexibility index (Phi) is 17.2. The van der Waals surface area contributed by atoms with Gasteiger partial charge in [0, 0.05) is 14.0 Å². The lowest BCUT2D eigenvalue weighted by molar-refractivity contribution is -0.141. The molecule has 0 fully saturated rings. The van der Waals surface area contributed by atoms with Gasteiger partial charge < -0.3 is 9.84 Å². The summed E-state index contributed by atoms with van der Waals surface area (Å²) >= 11 is 0. The van der Waals surface area contributed by atoms with Gasteiger partial charge in [0.1, 0.15) is 0 Å². The quantitative estimate of drug-likeness (QED) is 0.636. The fraction of sp³-hybridized carbons (Fsp3) is 0.462. The van der Waals surface area contributed by atoms with E-state index >= 15 is 0 Å². The molecular formula is C13H22O3. The molecule has 0 heterocycles. The number of ether oxygens (including phenoxy) is 1. The smallest absolute Gasteiger partial charge is 0.302 e. The van der Waals surface area contributed by atoms with Gasteiger partial charge in [-0.3, -0.25) is 4.79 Å². The molecule has 0 unspecified atom stereocenters. The van der Waals surface area contributed by atoms with Crippen molar-refractivity contribution in [1.29, 1.82) is 0 Å². The van der Waals surface area contributed by atoms with Gasteiger partial charge in [0.15, 0.2) is 0 Å². The minimum absolute atomic E-state index is 0.182. The molecule has 0 atom stereocenters. The van der Waals surface area contributed by atoms with Crippen molar-refractivity contribution in [3.8, 4) is 0 Å². The number of carbonyl (C=O) groups excluding carboxylic acids is 1. The van der Waals surface area contributed by atoms with Crippen molar-refractivity contribution in [2.24, 2.45) is 0 Å². The number of rotatable bonds is 3. The molecule has 0 spiro atoms. The first kappa shape index (κ1) is 17.1. The maximum Gasteiger partial charge on any atom is 0.302 e. The van der Waals surface area contributed by atoms with Crippen LogP contribution in [-0.4, -0.2) is 24.8 Å². The molecule has 0 aliphatic heterocycles. The fourth-order valence-corrected chi connectivity index (χ4v) is 0.745. The van der Waals surface area contributed by atoms with Crippen LogP contribution in [0.15, 0.2) is 36.4 Å². The van der Waals surface area contributed by atoms with Crippen LogP contribution < -0.4 is 0 Å². The third-order valence-corrected chi connectivity index (χ3v) is 1.47. The molecule has 92 valence electrons. The Morgan fingerprint density at radius 3 is 1.69 bits per heavy atom. The van der Waals surface area contributed by atoms with Gasteiger partial charge in [-0.05, 0) is 6.42 Å². The van der Waals surface area contributed by atoms with Crippen molar-refractivity contribution in [3.63, 3.8) is 0 Å². The number of carbonyl (C=O) groups is 1. The zero-order chi connectivity index (χ0) is 12.6. The van der Waals surface area contributed by atoms with Crippen LogP contribution in [0.3, 0.4) is 0 Å². The van der Waals surface area contributed by atoms with Crippen molar-refractivity contribution in [2.45, 2.75) is 26.7 Å². The maximum atomic E-state index is 10.1. The molecule has 0 amide bonds. The molecular weight excluding hydrogens is 204 g/mol. The van der Waals surface area contributed by atoms with E-state index in [4.69, 9.17) is 5.11 Å². The largest absolute Gasteiger partial charge is 0.466 e. The monoisotopic (exact) mass is 226 g/mol. The lowest BCUT2D eigenvalue weighted by Crippen LogP contribution is -1.99. The number of unbranched alkanes of at least 4 members (excludes halogenated alkanes) is 1. The number of esters is 1. The van der Waals surface area contributed by atoms with Gasteiger partial charge in [-0.1, -0.05) is 49.7 Å². The molecule has 0 saturated heterocycles. The zero-order valence-electron chi connectivity index (χ0n) is 10.3. The molecule has 16 heavy (non-hydrogen) atoms. The number of aliphatic hydroxyl groups is 1. The molecule has 1 N–H and O–H groups in total. The number of benzene rings is 1. The molecule has 0 bridgehead atoms. The third kappa shape index (κ3) is 18.4. The summed E-state index contributed by atoms with van der Waals surface area (Å²) in [7, 11) is 1.00. The summed E-state index contributed by atoms with van der Waals surface area (Å²) in [6, 6.07) is 12.0. The van der Waals surface area contributed by atoms with E-state index in [1.54, 1.807) is 0 Å². The Morgan fingerprint density at radius 2 is 1.44 bits per heavy atom. The molecule has 3 heteroatoms. The van der Waals surface area contributed by atoms with E-state index in [1.807, 2.05) is 36.4 Å². The fourth-order valence-electron chi connectivity index (χ4n) is 0.745. The van der Waals surface area contributed by atoms with E-state index in [-0.39, 0.29) is 5.97 Å². The molecule has 0 aliphatic carbocycles. The van der Waals surface area contributed by atoms with Gasteiger partial charge in [-0.15, -0.1) is 0 Å². The number of hydrogen-bond donors (Lipinski definition) is 1. The minimum atomic E-state index is -0.182. The summed E-state index contributed by atoms with van der Waals surface area (Å²) in [5.41, 5.74) is 0. The lowest BCUT2D eigenvalue weighted by Gasteiger charge is -1.96. The number of hydrogen-bond acceptors (Lipinski definition) is 3. The average molecular weight is 226 g/mol. The van der Waals surface area contributed by atoms with Crippen molar-refractivity contribution in [1.82, 2.24) is 0 Å². The topological polar surface area (TPSA) is 46.5 Å². The second-order valence-corrected chi connectivity index (χ2v) is 2.85. The first-order valence-electron chi connectivity index (χ1n) is 5.35. The van der Waals surface area contributed by atoms with E-state index in [0.29, 0.717) is 6.61 Å². The Labute approximate surface area is 98.1 Å². The number of aliphatic hydroxyl groups excluding tert-OH is 1. The van der Waals surface area contributed by atoms with Crippen LogP contribution in [0.2, 0.25) is 0 Å². The highest BCUT2D eigenvalue weighted by Crippen LogP contribution is 1.86. The average Bonchev–Trinajstić information content (AvgIpc) is 2.35. The molecule has 3 nitrogen and oxygen atoms in total. The van der Waals surface area contributed by atoms with Crippen molar-refractivity contribution < 1.29 is 14.6 Å². The Bertz CT molecular complexity index is 195. The summed E-state index contributed by atoms with van der Waals surface area (Å²) in [5, 5.41) is 7.00. The van der Waals surface area contributed by atoms with Gasteiger partial charge in [-0.2, -0.15) is 0 Å². The normalized spacial score (nSPS) is 7.75. The summed E-state index contributed by atoms with van der Waals surface area (Å²) in [6.45, 7) is 4.06. The predicted octanol–water partition coefficient (Wildman–Crippen LogP) is 2.64. The predicted molar refractivity (Wildman–Crippen MR) is 66.1 cm³/mol. The van der Waals surface area contributed by atoms with Crippen LogP contribution in [0, 0.1) is 0 Å². The molecule has 1 aromatic rings. The Balaban J connectivity index is 0. The summed E-state index contributed by atoms with van der Waals surface area (Å²) in [5.74, 6) is -0.182.